The van der Waals surface area contributed by atoms with E-state index in [1.807, 2.05) is 6.08 Å². The third-order valence-electron chi connectivity index (χ3n) is 3.27. The molecule has 0 radical (unpaired) electrons. The molecule has 1 fully saturated rings. The van der Waals surface area contributed by atoms with E-state index >= 15 is 0 Å². The van der Waals surface area contributed by atoms with Crippen molar-refractivity contribution in [2.75, 3.05) is 13.2 Å². The zero-order chi connectivity index (χ0) is 10.6. The van der Waals surface area contributed by atoms with Crippen molar-refractivity contribution in [1.82, 2.24) is 0 Å². The lowest BCUT2D eigenvalue weighted by atomic mass is 9.97. The van der Waals surface area contributed by atoms with Gasteiger partial charge in [0.1, 0.15) is 11.4 Å². The molecule has 0 aromatic heterocycles. The van der Waals surface area contributed by atoms with Crippen LogP contribution in [0.4, 0.5) is 0 Å². The molecule has 0 unspecified atom stereocenters. The maximum atomic E-state index is 5.97. The minimum atomic E-state index is -0.116. The minimum absolute atomic E-state index is 0.116. The molecule has 2 aliphatic rings. The fraction of sp³-hybridized carbons (Fsp3) is 0.692. The maximum Gasteiger partial charge on any atom is 0.125 e. The summed E-state index contributed by atoms with van der Waals surface area (Å²) in [6.07, 6.45) is 11.0. The normalized spacial score (nSPS) is 24.4. The van der Waals surface area contributed by atoms with Gasteiger partial charge in [-0.05, 0) is 44.6 Å². The molecule has 15 heavy (non-hydrogen) atoms. The van der Waals surface area contributed by atoms with Crippen molar-refractivity contribution in [2.45, 2.75) is 44.1 Å². The van der Waals surface area contributed by atoms with Crippen LogP contribution in [0.5, 0.6) is 0 Å². The van der Waals surface area contributed by atoms with E-state index in [-0.39, 0.29) is 5.60 Å². The van der Waals surface area contributed by atoms with Gasteiger partial charge in [0, 0.05) is 0 Å². The van der Waals surface area contributed by atoms with Crippen LogP contribution in [0.15, 0.2) is 24.5 Å². The van der Waals surface area contributed by atoms with Crippen molar-refractivity contribution < 1.29 is 9.47 Å². The molecule has 2 nitrogen and oxygen atoms in total. The van der Waals surface area contributed by atoms with E-state index in [0.29, 0.717) is 6.61 Å². The van der Waals surface area contributed by atoms with E-state index in [9.17, 15) is 0 Å². The maximum absolute atomic E-state index is 5.97. The van der Waals surface area contributed by atoms with Crippen molar-refractivity contribution in [1.29, 1.82) is 0 Å². The third kappa shape index (κ3) is 2.25. The van der Waals surface area contributed by atoms with Crippen LogP contribution in [-0.2, 0) is 9.47 Å². The molecule has 0 aromatic carbocycles. The highest BCUT2D eigenvalue weighted by Gasteiger charge is 2.40. The van der Waals surface area contributed by atoms with Gasteiger partial charge < -0.3 is 9.47 Å². The molecule has 1 saturated carbocycles. The summed E-state index contributed by atoms with van der Waals surface area (Å²) in [5.41, 5.74) is -0.116. The van der Waals surface area contributed by atoms with Crippen LogP contribution in [0, 0.1) is 0 Å². The first-order chi connectivity index (χ1) is 7.37. The summed E-state index contributed by atoms with van der Waals surface area (Å²) in [5, 5.41) is 0. The largest absolute Gasteiger partial charge is 0.495 e. The molecular weight excluding hydrogens is 188 g/mol. The molecule has 0 spiro atoms. The average Bonchev–Trinajstić information content (AvgIpc) is 2.78. The Bertz CT molecular complexity index is 249. The van der Waals surface area contributed by atoms with E-state index in [4.69, 9.17) is 9.47 Å². The van der Waals surface area contributed by atoms with E-state index in [1.54, 1.807) is 0 Å². The van der Waals surface area contributed by atoms with Crippen LogP contribution in [0.1, 0.15) is 38.5 Å². The lowest BCUT2D eigenvalue weighted by Crippen LogP contribution is -2.34. The van der Waals surface area contributed by atoms with Gasteiger partial charge in [0.2, 0.25) is 0 Å². The van der Waals surface area contributed by atoms with Crippen molar-refractivity contribution in [3.63, 3.8) is 0 Å². The van der Waals surface area contributed by atoms with Crippen LogP contribution in [0.25, 0.3) is 0 Å². The molecule has 1 aliphatic carbocycles. The van der Waals surface area contributed by atoms with Crippen LogP contribution in [0.3, 0.4) is 0 Å². The molecule has 0 saturated heterocycles. The predicted octanol–water partition coefficient (Wildman–Crippen LogP) is 3.20. The molecule has 84 valence electrons. The first-order valence-corrected chi connectivity index (χ1v) is 5.96. The quantitative estimate of drug-likeness (QED) is 0.660. The molecule has 0 aromatic rings. The van der Waals surface area contributed by atoms with Gasteiger partial charge in [0.25, 0.3) is 0 Å². The number of hydrogen-bond acceptors (Lipinski definition) is 2. The Hall–Kier alpha value is -0.760. The second-order valence-corrected chi connectivity index (χ2v) is 4.36. The zero-order valence-electron chi connectivity index (χ0n) is 9.34. The van der Waals surface area contributed by atoms with E-state index < -0.39 is 0 Å². The second kappa shape index (κ2) is 4.84. The summed E-state index contributed by atoms with van der Waals surface area (Å²) in [6.45, 7) is 5.19. The van der Waals surface area contributed by atoms with Crippen LogP contribution in [-0.4, -0.2) is 18.8 Å². The van der Waals surface area contributed by atoms with Crippen molar-refractivity contribution in [2.24, 2.45) is 0 Å². The van der Waals surface area contributed by atoms with Crippen molar-refractivity contribution >= 4 is 0 Å². The van der Waals surface area contributed by atoms with Crippen LogP contribution < -0.4 is 0 Å². The Kier molecular flexibility index (Phi) is 3.47. The highest BCUT2D eigenvalue weighted by molar-refractivity contribution is 5.15. The van der Waals surface area contributed by atoms with Gasteiger partial charge >= 0.3 is 0 Å². The topological polar surface area (TPSA) is 18.5 Å². The summed E-state index contributed by atoms with van der Waals surface area (Å²) in [5.74, 6) is 1.09. The fourth-order valence-corrected chi connectivity index (χ4v) is 2.50. The lowest BCUT2D eigenvalue weighted by molar-refractivity contribution is -0.0434. The Morgan fingerprint density at radius 1 is 1.40 bits per heavy atom. The first kappa shape index (κ1) is 10.7. The molecule has 1 heterocycles. The zero-order valence-corrected chi connectivity index (χ0v) is 9.34. The SMILES string of the molecule is C=CCOC1(C2=CCCCO2)CCCC1. The summed E-state index contributed by atoms with van der Waals surface area (Å²) in [4.78, 5) is 0. The predicted molar refractivity (Wildman–Crippen MR) is 60.6 cm³/mol. The monoisotopic (exact) mass is 208 g/mol. The smallest absolute Gasteiger partial charge is 0.125 e. The van der Waals surface area contributed by atoms with Gasteiger partial charge in [-0.2, -0.15) is 0 Å². The van der Waals surface area contributed by atoms with Gasteiger partial charge in [0.05, 0.1) is 13.2 Å². The van der Waals surface area contributed by atoms with Crippen molar-refractivity contribution in [3.05, 3.63) is 24.5 Å². The second-order valence-electron chi connectivity index (χ2n) is 4.36. The third-order valence-corrected chi connectivity index (χ3v) is 3.27. The van der Waals surface area contributed by atoms with Gasteiger partial charge in [-0.15, -0.1) is 6.58 Å². The molecule has 0 N–H and O–H groups in total. The van der Waals surface area contributed by atoms with Gasteiger partial charge in [0.15, 0.2) is 0 Å². The van der Waals surface area contributed by atoms with Crippen LogP contribution in [0.2, 0.25) is 0 Å². The number of rotatable bonds is 4. The Balaban J connectivity index is 2.09. The molecule has 1 aliphatic heterocycles. The Morgan fingerprint density at radius 2 is 2.20 bits per heavy atom. The Labute approximate surface area is 92.0 Å². The molecule has 2 heteroatoms. The molecule has 0 atom stereocenters. The highest BCUT2D eigenvalue weighted by atomic mass is 16.5. The molecular formula is C13H20O2. The average molecular weight is 208 g/mol. The first-order valence-electron chi connectivity index (χ1n) is 5.96. The fourth-order valence-electron chi connectivity index (χ4n) is 2.50. The molecule has 0 bridgehead atoms. The molecule has 2 rings (SSSR count). The summed E-state index contributed by atoms with van der Waals surface area (Å²) in [6, 6.07) is 0. The van der Waals surface area contributed by atoms with Crippen molar-refractivity contribution in [3.8, 4) is 0 Å². The number of ether oxygens (including phenoxy) is 2. The van der Waals surface area contributed by atoms with Crippen LogP contribution >= 0.6 is 0 Å². The minimum Gasteiger partial charge on any atom is -0.495 e. The summed E-state index contributed by atoms with van der Waals surface area (Å²) in [7, 11) is 0. The van der Waals surface area contributed by atoms with Gasteiger partial charge in [-0.1, -0.05) is 6.08 Å². The van der Waals surface area contributed by atoms with Gasteiger partial charge in [-0.3, -0.25) is 0 Å². The number of allylic oxidation sites excluding steroid dienone is 1. The summed E-state index contributed by atoms with van der Waals surface area (Å²) < 4.78 is 11.7. The highest BCUT2D eigenvalue weighted by Crippen LogP contribution is 2.40. The lowest BCUT2D eigenvalue weighted by Gasteiger charge is -2.33. The summed E-state index contributed by atoms with van der Waals surface area (Å²) >= 11 is 0. The molecule has 0 amide bonds. The van der Waals surface area contributed by atoms with E-state index in [2.05, 4.69) is 12.7 Å². The number of hydrogen-bond donors (Lipinski definition) is 0. The Morgan fingerprint density at radius 3 is 2.80 bits per heavy atom. The standard InChI is InChI=1S/C13H20O2/c1-2-10-15-13(8-4-5-9-13)12-7-3-6-11-14-12/h2,7H,1,3-6,8-11H2. The van der Waals surface area contributed by atoms with E-state index in [0.717, 1.165) is 38.0 Å². The van der Waals surface area contributed by atoms with Gasteiger partial charge in [-0.25, -0.2) is 0 Å². The van der Waals surface area contributed by atoms with E-state index in [1.165, 1.54) is 12.8 Å².